The summed E-state index contributed by atoms with van der Waals surface area (Å²) in [5.41, 5.74) is 2.34. The molecule has 0 saturated heterocycles. The second kappa shape index (κ2) is 6.60. The Morgan fingerprint density at radius 3 is 2.58 bits per heavy atom. The zero-order valence-electron chi connectivity index (χ0n) is 14.6. The Hall–Kier alpha value is -2.61. The van der Waals surface area contributed by atoms with Gasteiger partial charge in [-0.25, -0.2) is 4.68 Å². The molecule has 0 aliphatic rings. The van der Waals surface area contributed by atoms with Crippen molar-refractivity contribution >= 4 is 38.6 Å². The van der Waals surface area contributed by atoms with E-state index in [4.69, 9.17) is 0 Å². The first kappa shape index (κ1) is 18.2. The van der Waals surface area contributed by atoms with Crippen LogP contribution >= 0.6 is 15.9 Å². The number of halogens is 1. The van der Waals surface area contributed by atoms with Crippen LogP contribution in [0.1, 0.15) is 31.1 Å². The molecule has 0 unspecified atom stereocenters. The minimum absolute atomic E-state index is 0.0564. The number of nitrogens with one attached hydrogen (secondary N) is 1. The van der Waals surface area contributed by atoms with Crippen LogP contribution in [0.3, 0.4) is 0 Å². The van der Waals surface area contributed by atoms with Gasteiger partial charge >= 0.3 is 0 Å². The Morgan fingerprint density at radius 1 is 1.19 bits per heavy atom. The predicted octanol–water partition coefficient (Wildman–Crippen LogP) is 3.90. The fourth-order valence-electron chi connectivity index (χ4n) is 2.53. The molecular formula is C18H19BrN4O3. The lowest BCUT2D eigenvalue weighted by Gasteiger charge is -2.18. The number of hydrogen-bond donors (Lipinski definition) is 3. The molecule has 0 radical (unpaired) electrons. The number of carbonyl (C=O) groups excluding carboxylic acids is 1. The normalized spacial score (nSPS) is 11.7. The topological polar surface area (TPSA) is 100 Å². The van der Waals surface area contributed by atoms with E-state index in [1.54, 1.807) is 6.07 Å². The molecule has 0 saturated carbocycles. The van der Waals surface area contributed by atoms with E-state index in [0.717, 1.165) is 5.52 Å². The number of fused-ring (bicyclic) bond motifs is 1. The molecule has 0 aliphatic carbocycles. The number of rotatable bonds is 3. The molecule has 1 heterocycles. The molecule has 0 fully saturated rings. The average Bonchev–Trinajstić information content (AvgIpc) is 2.94. The summed E-state index contributed by atoms with van der Waals surface area (Å²) in [6, 6.07) is 7.52. The summed E-state index contributed by atoms with van der Waals surface area (Å²) in [6.45, 7) is 7.08. The second-order valence-corrected chi connectivity index (χ2v) is 8.05. The molecule has 2 aromatic carbocycles. The van der Waals surface area contributed by atoms with E-state index in [9.17, 15) is 15.0 Å². The molecule has 7 nitrogen and oxygen atoms in total. The van der Waals surface area contributed by atoms with Crippen LogP contribution in [0.4, 0.5) is 5.69 Å². The summed E-state index contributed by atoms with van der Waals surface area (Å²) in [7, 11) is 0. The highest BCUT2D eigenvalue weighted by Crippen LogP contribution is 2.32. The second-order valence-electron chi connectivity index (χ2n) is 7.26. The van der Waals surface area contributed by atoms with E-state index < -0.39 is 5.91 Å². The molecule has 26 heavy (non-hydrogen) atoms. The van der Waals surface area contributed by atoms with Crippen molar-refractivity contribution in [2.45, 2.75) is 27.3 Å². The zero-order chi connectivity index (χ0) is 19.1. The number of carbonyl (C=O) groups is 1. The number of benzene rings is 2. The number of hydrogen-bond acceptors (Lipinski definition) is 5. The molecule has 0 spiro atoms. The first-order valence-corrected chi connectivity index (χ1v) is 8.80. The Kier molecular flexibility index (Phi) is 4.62. The van der Waals surface area contributed by atoms with Gasteiger partial charge in [-0.3, -0.25) is 4.79 Å². The van der Waals surface area contributed by atoms with E-state index in [1.165, 1.54) is 18.2 Å². The van der Waals surface area contributed by atoms with Gasteiger partial charge in [-0.15, -0.1) is 5.10 Å². The average molecular weight is 419 g/mol. The van der Waals surface area contributed by atoms with Gasteiger partial charge in [0.2, 0.25) is 0 Å². The van der Waals surface area contributed by atoms with Crippen molar-refractivity contribution in [3.8, 4) is 11.5 Å². The van der Waals surface area contributed by atoms with Crippen LogP contribution in [0.5, 0.6) is 11.5 Å². The van der Waals surface area contributed by atoms with E-state index in [1.807, 2.05) is 10.7 Å². The number of phenols is 2. The van der Waals surface area contributed by atoms with Gasteiger partial charge in [-0.1, -0.05) is 26.0 Å². The molecule has 8 heteroatoms. The molecule has 136 valence electrons. The highest BCUT2D eigenvalue weighted by Gasteiger charge is 2.18. The molecule has 0 atom stereocenters. The van der Waals surface area contributed by atoms with Crippen LogP contribution in [-0.4, -0.2) is 31.1 Å². The molecule has 0 aliphatic heterocycles. The number of nitrogens with zero attached hydrogens (tertiary/aromatic N) is 3. The fraction of sp³-hybridized carbons (Fsp3) is 0.278. The van der Waals surface area contributed by atoms with Crippen molar-refractivity contribution in [1.82, 2.24) is 15.0 Å². The Balaban J connectivity index is 1.90. The third kappa shape index (κ3) is 3.65. The molecule has 1 aromatic heterocycles. The quantitative estimate of drug-likeness (QED) is 0.559. The van der Waals surface area contributed by atoms with Crippen molar-refractivity contribution in [3.63, 3.8) is 0 Å². The van der Waals surface area contributed by atoms with Gasteiger partial charge < -0.3 is 15.5 Å². The first-order valence-electron chi connectivity index (χ1n) is 8.01. The molecular weight excluding hydrogens is 400 g/mol. The summed E-state index contributed by atoms with van der Waals surface area (Å²) in [5, 5.41) is 30.1. The zero-order valence-corrected chi connectivity index (χ0v) is 16.2. The third-order valence-electron chi connectivity index (χ3n) is 3.74. The van der Waals surface area contributed by atoms with Crippen molar-refractivity contribution < 1.29 is 15.0 Å². The molecule has 3 rings (SSSR count). The number of anilines is 1. The summed E-state index contributed by atoms with van der Waals surface area (Å²) in [4.78, 5) is 12.4. The smallest absolute Gasteiger partial charge is 0.255 e. The van der Waals surface area contributed by atoms with Crippen molar-refractivity contribution in [3.05, 3.63) is 40.4 Å². The molecule has 3 aromatic rings. The number of aromatic hydroxyl groups is 2. The van der Waals surface area contributed by atoms with E-state index in [0.29, 0.717) is 22.2 Å². The predicted molar refractivity (Wildman–Crippen MR) is 102 cm³/mol. The fourth-order valence-corrected chi connectivity index (χ4v) is 3.04. The lowest BCUT2D eigenvalue weighted by molar-refractivity contribution is 0.102. The Morgan fingerprint density at radius 2 is 1.92 bits per heavy atom. The van der Waals surface area contributed by atoms with Crippen LogP contribution in [0.15, 0.2) is 34.8 Å². The van der Waals surface area contributed by atoms with Crippen LogP contribution < -0.4 is 5.32 Å². The summed E-state index contributed by atoms with van der Waals surface area (Å²) >= 11 is 3.48. The number of phenolic OH excluding ortho intramolecular Hbond substituents is 2. The van der Waals surface area contributed by atoms with Crippen LogP contribution in [0.2, 0.25) is 0 Å². The highest BCUT2D eigenvalue weighted by atomic mass is 79.9. The summed E-state index contributed by atoms with van der Waals surface area (Å²) in [5.74, 6) is -1.04. The standard InChI is InChI=1S/C18H19BrN4O3/c1-18(2,3)9-23-12-6-5-11(15(19)16(12)21-22-23)20-17(26)10-4-7-13(24)14(25)8-10/h4-8,24-25H,9H2,1-3H3,(H,20,26). The van der Waals surface area contributed by atoms with E-state index in [2.05, 4.69) is 52.3 Å². The molecule has 0 bridgehead atoms. The first-order chi connectivity index (χ1) is 12.2. The van der Waals surface area contributed by atoms with Gasteiger partial charge in [-0.05, 0) is 51.7 Å². The lowest BCUT2D eigenvalue weighted by Crippen LogP contribution is -2.16. The SMILES string of the molecule is CC(C)(C)Cn1nnc2c(Br)c(NC(=O)c3ccc(O)c(O)c3)ccc21. The van der Waals surface area contributed by atoms with Gasteiger partial charge in [0.25, 0.3) is 5.91 Å². The molecule has 3 N–H and O–H groups in total. The largest absolute Gasteiger partial charge is 0.504 e. The highest BCUT2D eigenvalue weighted by molar-refractivity contribution is 9.10. The van der Waals surface area contributed by atoms with Crippen LogP contribution in [-0.2, 0) is 6.54 Å². The van der Waals surface area contributed by atoms with Crippen molar-refractivity contribution in [1.29, 1.82) is 0 Å². The van der Waals surface area contributed by atoms with E-state index in [-0.39, 0.29) is 22.5 Å². The minimum atomic E-state index is -0.414. The molecule has 1 amide bonds. The van der Waals surface area contributed by atoms with Crippen molar-refractivity contribution in [2.24, 2.45) is 5.41 Å². The monoisotopic (exact) mass is 418 g/mol. The lowest BCUT2D eigenvalue weighted by atomic mass is 9.97. The van der Waals surface area contributed by atoms with Gasteiger partial charge in [0.1, 0.15) is 5.52 Å². The maximum Gasteiger partial charge on any atom is 0.255 e. The Labute approximate surface area is 158 Å². The maximum absolute atomic E-state index is 12.4. The summed E-state index contributed by atoms with van der Waals surface area (Å²) in [6.07, 6.45) is 0. The maximum atomic E-state index is 12.4. The van der Waals surface area contributed by atoms with Crippen molar-refractivity contribution in [2.75, 3.05) is 5.32 Å². The minimum Gasteiger partial charge on any atom is -0.504 e. The number of aromatic nitrogens is 3. The summed E-state index contributed by atoms with van der Waals surface area (Å²) < 4.78 is 2.47. The van der Waals surface area contributed by atoms with Crippen LogP contribution in [0.25, 0.3) is 11.0 Å². The van der Waals surface area contributed by atoms with Gasteiger partial charge in [0, 0.05) is 12.1 Å². The Bertz CT molecular complexity index is 992. The van der Waals surface area contributed by atoms with Gasteiger partial charge in [-0.2, -0.15) is 0 Å². The van der Waals surface area contributed by atoms with Gasteiger partial charge in [0.05, 0.1) is 15.7 Å². The number of amides is 1. The van der Waals surface area contributed by atoms with E-state index >= 15 is 0 Å². The third-order valence-corrected chi connectivity index (χ3v) is 4.54. The van der Waals surface area contributed by atoms with Gasteiger partial charge in [0.15, 0.2) is 11.5 Å². The van der Waals surface area contributed by atoms with Crippen LogP contribution in [0, 0.1) is 5.41 Å².